The minimum Gasteiger partial charge on any atom is -0.456 e. The molecular formula is C14H26O5S. The molecule has 5 nitrogen and oxygen atoms in total. The van der Waals surface area contributed by atoms with Crippen molar-refractivity contribution in [2.45, 2.75) is 59.2 Å². The van der Waals surface area contributed by atoms with E-state index in [1.54, 1.807) is 13.8 Å². The van der Waals surface area contributed by atoms with Gasteiger partial charge < -0.3 is 4.74 Å². The van der Waals surface area contributed by atoms with Crippen LogP contribution < -0.4 is 0 Å². The number of ether oxygens (including phenoxy) is 1. The molecular weight excluding hydrogens is 280 g/mol. The summed E-state index contributed by atoms with van der Waals surface area (Å²) in [5.74, 6) is -0.727. The maximum Gasteiger partial charge on any atom is 0.330 e. The molecule has 0 amide bonds. The van der Waals surface area contributed by atoms with Gasteiger partial charge in [-0.15, -0.1) is 0 Å². The van der Waals surface area contributed by atoms with Crippen molar-refractivity contribution in [3.05, 3.63) is 12.7 Å². The minimum atomic E-state index is -3.62. The summed E-state index contributed by atoms with van der Waals surface area (Å²) in [6.45, 7) is 12.3. The van der Waals surface area contributed by atoms with Crippen LogP contribution in [-0.2, 0) is 23.8 Å². The SMILES string of the molecule is C=CC(=O)OC(CC)(CCS(=O)(=O)OC(C)C)C(C)C. The molecule has 0 saturated heterocycles. The van der Waals surface area contributed by atoms with Gasteiger partial charge in [0, 0.05) is 12.5 Å². The molecule has 0 aliphatic carbocycles. The van der Waals surface area contributed by atoms with Gasteiger partial charge in [-0.1, -0.05) is 27.4 Å². The summed E-state index contributed by atoms with van der Waals surface area (Å²) in [6, 6.07) is 0. The van der Waals surface area contributed by atoms with Gasteiger partial charge in [0.1, 0.15) is 5.60 Å². The van der Waals surface area contributed by atoms with Crippen LogP contribution in [0.4, 0.5) is 0 Å². The third-order valence-corrected chi connectivity index (χ3v) is 4.62. The van der Waals surface area contributed by atoms with Crippen molar-refractivity contribution in [1.82, 2.24) is 0 Å². The van der Waals surface area contributed by atoms with Crippen molar-refractivity contribution < 1.29 is 22.1 Å². The third-order valence-electron chi connectivity index (χ3n) is 3.24. The first-order valence-electron chi connectivity index (χ1n) is 6.85. The van der Waals surface area contributed by atoms with Crippen LogP contribution in [0.1, 0.15) is 47.5 Å². The van der Waals surface area contributed by atoms with Crippen molar-refractivity contribution in [3.8, 4) is 0 Å². The van der Waals surface area contributed by atoms with Crippen LogP contribution >= 0.6 is 0 Å². The van der Waals surface area contributed by atoms with Gasteiger partial charge in [-0.25, -0.2) is 4.79 Å². The molecule has 0 aliphatic heterocycles. The van der Waals surface area contributed by atoms with Crippen molar-refractivity contribution in [3.63, 3.8) is 0 Å². The molecule has 0 spiro atoms. The Morgan fingerprint density at radius 3 is 2.20 bits per heavy atom. The number of carbonyl (C=O) groups is 1. The summed E-state index contributed by atoms with van der Waals surface area (Å²) >= 11 is 0. The van der Waals surface area contributed by atoms with E-state index in [-0.39, 0.29) is 18.1 Å². The summed E-state index contributed by atoms with van der Waals surface area (Å²) in [7, 11) is -3.62. The van der Waals surface area contributed by atoms with Gasteiger partial charge in [-0.2, -0.15) is 8.42 Å². The normalized spacial score (nSPS) is 15.2. The van der Waals surface area contributed by atoms with E-state index in [9.17, 15) is 13.2 Å². The molecule has 0 aromatic heterocycles. The van der Waals surface area contributed by atoms with Crippen LogP contribution in [0.2, 0.25) is 0 Å². The number of hydrogen-bond acceptors (Lipinski definition) is 5. The predicted molar refractivity (Wildman–Crippen MR) is 78.8 cm³/mol. The molecule has 1 atom stereocenters. The molecule has 0 rings (SSSR count). The van der Waals surface area contributed by atoms with E-state index in [4.69, 9.17) is 8.92 Å². The first kappa shape index (κ1) is 19.1. The number of hydrogen-bond donors (Lipinski definition) is 0. The highest BCUT2D eigenvalue weighted by Crippen LogP contribution is 2.31. The highest BCUT2D eigenvalue weighted by Gasteiger charge is 2.37. The molecule has 20 heavy (non-hydrogen) atoms. The maximum atomic E-state index is 11.8. The lowest BCUT2D eigenvalue weighted by Crippen LogP contribution is -2.41. The Kier molecular flexibility index (Phi) is 7.44. The van der Waals surface area contributed by atoms with Crippen LogP contribution in [0.25, 0.3) is 0 Å². The molecule has 6 heteroatoms. The third kappa shape index (κ3) is 6.05. The van der Waals surface area contributed by atoms with Gasteiger partial charge in [0.15, 0.2) is 0 Å². The highest BCUT2D eigenvalue weighted by atomic mass is 32.2. The lowest BCUT2D eigenvalue weighted by atomic mass is 9.85. The molecule has 0 fully saturated rings. The van der Waals surface area contributed by atoms with Crippen LogP contribution in [0.15, 0.2) is 12.7 Å². The molecule has 0 bridgehead atoms. The van der Waals surface area contributed by atoms with Crippen molar-refractivity contribution in [2.24, 2.45) is 5.92 Å². The standard InChI is InChI=1S/C14H26O5S/c1-7-13(15)18-14(8-2,11(3)4)9-10-20(16,17)19-12(5)6/h7,11-12H,1,8-10H2,2-6H3. The van der Waals surface area contributed by atoms with E-state index in [1.807, 2.05) is 20.8 Å². The average molecular weight is 306 g/mol. The summed E-state index contributed by atoms with van der Waals surface area (Å²) < 4.78 is 33.9. The second kappa shape index (κ2) is 7.78. The van der Waals surface area contributed by atoms with Gasteiger partial charge in [0.2, 0.25) is 0 Å². The lowest BCUT2D eigenvalue weighted by molar-refractivity contribution is -0.159. The van der Waals surface area contributed by atoms with Gasteiger partial charge in [-0.05, 0) is 26.2 Å². The fourth-order valence-corrected chi connectivity index (χ4v) is 3.27. The Morgan fingerprint density at radius 2 is 1.85 bits per heavy atom. The first-order valence-corrected chi connectivity index (χ1v) is 8.42. The van der Waals surface area contributed by atoms with Crippen LogP contribution in [0.5, 0.6) is 0 Å². The predicted octanol–water partition coefficient (Wildman–Crippen LogP) is 2.67. The van der Waals surface area contributed by atoms with Gasteiger partial charge >= 0.3 is 5.97 Å². The molecule has 0 saturated carbocycles. The summed E-state index contributed by atoms with van der Waals surface area (Å²) in [4.78, 5) is 11.5. The quantitative estimate of drug-likeness (QED) is 0.372. The second-order valence-corrected chi connectivity index (χ2v) is 7.07. The smallest absolute Gasteiger partial charge is 0.330 e. The zero-order valence-electron chi connectivity index (χ0n) is 13.0. The van der Waals surface area contributed by atoms with E-state index in [0.717, 1.165) is 6.08 Å². The Bertz CT molecular complexity index is 425. The topological polar surface area (TPSA) is 69.7 Å². The molecule has 0 aliphatic rings. The Labute approximate surface area is 122 Å². The van der Waals surface area contributed by atoms with Crippen molar-refractivity contribution in [2.75, 3.05) is 5.75 Å². The molecule has 0 N–H and O–H groups in total. The van der Waals surface area contributed by atoms with Gasteiger partial charge in [0.05, 0.1) is 11.9 Å². The maximum absolute atomic E-state index is 11.8. The van der Waals surface area contributed by atoms with Crippen molar-refractivity contribution in [1.29, 1.82) is 0 Å². The Morgan fingerprint density at radius 1 is 1.30 bits per heavy atom. The second-order valence-electron chi connectivity index (χ2n) is 5.36. The largest absolute Gasteiger partial charge is 0.456 e. The van der Waals surface area contributed by atoms with Crippen LogP contribution in [-0.4, -0.2) is 31.8 Å². The molecule has 0 radical (unpaired) electrons. The van der Waals surface area contributed by atoms with Crippen LogP contribution in [0, 0.1) is 5.92 Å². The van der Waals surface area contributed by atoms with E-state index in [0.29, 0.717) is 6.42 Å². The monoisotopic (exact) mass is 306 g/mol. The van der Waals surface area contributed by atoms with Crippen LogP contribution in [0.3, 0.4) is 0 Å². The van der Waals surface area contributed by atoms with E-state index in [1.165, 1.54) is 0 Å². The van der Waals surface area contributed by atoms with Crippen molar-refractivity contribution >= 4 is 16.1 Å². The fraction of sp³-hybridized carbons (Fsp3) is 0.786. The summed E-state index contributed by atoms with van der Waals surface area (Å²) in [6.07, 6.45) is 1.43. The highest BCUT2D eigenvalue weighted by molar-refractivity contribution is 7.86. The van der Waals surface area contributed by atoms with E-state index < -0.39 is 27.8 Å². The van der Waals surface area contributed by atoms with E-state index in [2.05, 4.69) is 6.58 Å². The molecule has 0 aromatic carbocycles. The summed E-state index contributed by atoms with van der Waals surface area (Å²) in [5.41, 5.74) is -0.821. The zero-order valence-corrected chi connectivity index (χ0v) is 13.8. The average Bonchev–Trinajstić information content (AvgIpc) is 2.32. The summed E-state index contributed by atoms with van der Waals surface area (Å²) in [5, 5.41) is 0. The lowest BCUT2D eigenvalue weighted by Gasteiger charge is -2.36. The number of rotatable bonds is 9. The zero-order chi connectivity index (χ0) is 16.0. The molecule has 0 heterocycles. The first-order chi connectivity index (χ1) is 9.08. The Hall–Kier alpha value is -0.880. The molecule has 118 valence electrons. The van der Waals surface area contributed by atoms with Gasteiger partial charge in [-0.3, -0.25) is 4.18 Å². The Balaban J connectivity index is 5.00. The van der Waals surface area contributed by atoms with Gasteiger partial charge in [0.25, 0.3) is 10.1 Å². The fourth-order valence-electron chi connectivity index (χ4n) is 2.00. The van der Waals surface area contributed by atoms with E-state index >= 15 is 0 Å². The number of esters is 1. The number of carbonyl (C=O) groups excluding carboxylic acids is 1. The molecule has 1 unspecified atom stereocenters. The molecule has 0 aromatic rings. The minimum absolute atomic E-state index is 0.00866.